The van der Waals surface area contributed by atoms with Crippen LogP contribution in [0, 0.1) is 0 Å². The first-order valence-electron chi connectivity index (χ1n) is 8.14. The standard InChI is InChI=1S/C19H23BrN2O3/c1-19(2,3)14-8-9-17(16(20)12-14)25-11-5-7-18(23)22-21-13-15-6-4-10-24-15/h4,6,8-10,12-13H,5,7,11H2,1-3H3,(H,22,23)/b21-13+. The van der Waals surface area contributed by atoms with E-state index in [4.69, 9.17) is 9.15 Å². The van der Waals surface area contributed by atoms with Gasteiger partial charge in [0.05, 0.1) is 23.6 Å². The molecule has 0 saturated carbocycles. The predicted octanol–water partition coefficient (Wildman–Crippen LogP) is 4.65. The molecule has 0 aliphatic rings. The Hall–Kier alpha value is -2.08. The van der Waals surface area contributed by atoms with Gasteiger partial charge < -0.3 is 9.15 Å². The maximum Gasteiger partial charge on any atom is 0.240 e. The van der Waals surface area contributed by atoms with Gasteiger partial charge >= 0.3 is 0 Å². The van der Waals surface area contributed by atoms with Gasteiger partial charge in [-0.15, -0.1) is 0 Å². The van der Waals surface area contributed by atoms with Gasteiger partial charge in [-0.1, -0.05) is 26.8 Å². The molecule has 0 spiro atoms. The molecule has 6 heteroatoms. The Morgan fingerprint density at radius 3 is 2.80 bits per heavy atom. The van der Waals surface area contributed by atoms with Gasteiger partial charge in [0.25, 0.3) is 0 Å². The average Bonchev–Trinajstić information content (AvgIpc) is 3.05. The maximum atomic E-state index is 11.7. The number of nitrogens with one attached hydrogen (secondary N) is 1. The zero-order chi connectivity index (χ0) is 18.3. The molecule has 0 unspecified atom stereocenters. The Balaban J connectivity index is 1.71. The van der Waals surface area contributed by atoms with Crippen molar-refractivity contribution in [2.75, 3.05) is 6.61 Å². The lowest BCUT2D eigenvalue weighted by molar-refractivity contribution is -0.121. The van der Waals surface area contributed by atoms with Gasteiger partial charge in [-0.3, -0.25) is 4.79 Å². The highest BCUT2D eigenvalue weighted by atomic mass is 79.9. The van der Waals surface area contributed by atoms with E-state index in [0.29, 0.717) is 25.2 Å². The molecule has 2 aromatic rings. The van der Waals surface area contributed by atoms with Crippen LogP contribution in [-0.4, -0.2) is 18.7 Å². The van der Waals surface area contributed by atoms with Crippen LogP contribution in [0.15, 0.2) is 50.6 Å². The van der Waals surface area contributed by atoms with Crippen LogP contribution in [-0.2, 0) is 10.2 Å². The number of hydrogen-bond donors (Lipinski definition) is 1. The Kier molecular flexibility index (Phi) is 6.82. The fourth-order valence-corrected chi connectivity index (χ4v) is 2.58. The third-order valence-electron chi connectivity index (χ3n) is 3.53. The molecule has 0 fully saturated rings. The number of hydrazone groups is 1. The minimum Gasteiger partial charge on any atom is -0.492 e. The van der Waals surface area contributed by atoms with E-state index in [1.165, 1.54) is 11.8 Å². The number of ether oxygens (including phenoxy) is 1. The lowest BCUT2D eigenvalue weighted by Crippen LogP contribution is -2.18. The van der Waals surface area contributed by atoms with Crippen molar-refractivity contribution < 1.29 is 13.9 Å². The van der Waals surface area contributed by atoms with Gasteiger partial charge in [-0.05, 0) is 57.6 Å². The first-order valence-corrected chi connectivity index (χ1v) is 8.94. The van der Waals surface area contributed by atoms with Crippen LogP contribution in [0.1, 0.15) is 44.9 Å². The van der Waals surface area contributed by atoms with E-state index in [-0.39, 0.29) is 11.3 Å². The highest BCUT2D eigenvalue weighted by Crippen LogP contribution is 2.31. The number of carbonyl (C=O) groups is 1. The average molecular weight is 407 g/mol. The van der Waals surface area contributed by atoms with Crippen LogP contribution in [0.5, 0.6) is 5.75 Å². The minimum atomic E-state index is -0.159. The molecular formula is C19H23BrN2O3. The summed E-state index contributed by atoms with van der Waals surface area (Å²) < 4.78 is 11.7. The largest absolute Gasteiger partial charge is 0.492 e. The highest BCUT2D eigenvalue weighted by Gasteiger charge is 2.15. The Morgan fingerprint density at radius 1 is 1.36 bits per heavy atom. The number of hydrogen-bond acceptors (Lipinski definition) is 4. The van der Waals surface area contributed by atoms with E-state index in [1.807, 2.05) is 6.07 Å². The number of carbonyl (C=O) groups excluding carboxylic acids is 1. The summed E-state index contributed by atoms with van der Waals surface area (Å²) in [6, 6.07) is 9.61. The second kappa shape index (κ2) is 8.85. The van der Waals surface area contributed by atoms with Crippen molar-refractivity contribution in [2.45, 2.75) is 39.0 Å². The predicted molar refractivity (Wildman–Crippen MR) is 102 cm³/mol. The number of amides is 1. The summed E-state index contributed by atoms with van der Waals surface area (Å²) in [5, 5.41) is 3.83. The van der Waals surface area contributed by atoms with Crippen molar-refractivity contribution >= 4 is 28.1 Å². The van der Waals surface area contributed by atoms with Crippen molar-refractivity contribution in [1.29, 1.82) is 0 Å². The van der Waals surface area contributed by atoms with Crippen molar-refractivity contribution in [1.82, 2.24) is 5.43 Å². The van der Waals surface area contributed by atoms with E-state index >= 15 is 0 Å². The SMILES string of the molecule is CC(C)(C)c1ccc(OCCCC(=O)N/N=C/c2ccco2)c(Br)c1. The molecule has 134 valence electrons. The number of benzene rings is 1. The molecule has 25 heavy (non-hydrogen) atoms. The Morgan fingerprint density at radius 2 is 2.16 bits per heavy atom. The summed E-state index contributed by atoms with van der Waals surface area (Å²) in [6.07, 6.45) is 3.96. The van der Waals surface area contributed by atoms with Gasteiger partial charge in [0, 0.05) is 6.42 Å². The molecule has 1 aromatic heterocycles. The number of nitrogens with zero attached hydrogens (tertiary/aromatic N) is 1. The van der Waals surface area contributed by atoms with Gasteiger partial charge in [0.1, 0.15) is 11.5 Å². The summed E-state index contributed by atoms with van der Waals surface area (Å²) in [7, 11) is 0. The smallest absolute Gasteiger partial charge is 0.240 e. The summed E-state index contributed by atoms with van der Waals surface area (Å²) >= 11 is 3.54. The lowest BCUT2D eigenvalue weighted by atomic mass is 9.87. The number of rotatable bonds is 7. The molecule has 0 saturated heterocycles. The Labute approximate surface area is 156 Å². The molecule has 2 rings (SSSR count). The first-order chi connectivity index (χ1) is 11.9. The van der Waals surface area contributed by atoms with Gasteiger partial charge in [0.15, 0.2) is 0 Å². The summed E-state index contributed by atoms with van der Waals surface area (Å²) in [6.45, 7) is 6.97. The molecule has 0 aliphatic carbocycles. The molecular weight excluding hydrogens is 384 g/mol. The molecule has 5 nitrogen and oxygen atoms in total. The van der Waals surface area contributed by atoms with Crippen LogP contribution < -0.4 is 10.2 Å². The van der Waals surface area contributed by atoms with Gasteiger partial charge in [-0.2, -0.15) is 5.10 Å². The topological polar surface area (TPSA) is 63.8 Å². The quantitative estimate of drug-likeness (QED) is 0.413. The zero-order valence-corrected chi connectivity index (χ0v) is 16.3. The monoisotopic (exact) mass is 406 g/mol. The maximum absolute atomic E-state index is 11.7. The van der Waals surface area contributed by atoms with Crippen LogP contribution in [0.2, 0.25) is 0 Å². The van der Waals surface area contributed by atoms with E-state index in [9.17, 15) is 4.79 Å². The van der Waals surface area contributed by atoms with Crippen molar-refractivity contribution in [3.05, 3.63) is 52.4 Å². The number of furan rings is 1. The fraction of sp³-hybridized carbons (Fsp3) is 0.368. The molecule has 1 N–H and O–H groups in total. The molecule has 0 atom stereocenters. The van der Waals surface area contributed by atoms with Gasteiger partial charge in [0.2, 0.25) is 5.91 Å². The second-order valence-electron chi connectivity index (χ2n) is 6.66. The van der Waals surface area contributed by atoms with Crippen LogP contribution >= 0.6 is 15.9 Å². The van der Waals surface area contributed by atoms with Crippen molar-refractivity contribution in [3.63, 3.8) is 0 Å². The number of halogens is 1. The van der Waals surface area contributed by atoms with Crippen LogP contribution in [0.3, 0.4) is 0 Å². The molecule has 1 amide bonds. The van der Waals surface area contributed by atoms with E-state index < -0.39 is 0 Å². The van der Waals surface area contributed by atoms with Gasteiger partial charge in [-0.25, -0.2) is 5.43 Å². The van der Waals surface area contributed by atoms with Crippen molar-refractivity contribution in [3.8, 4) is 5.75 Å². The highest BCUT2D eigenvalue weighted by molar-refractivity contribution is 9.10. The lowest BCUT2D eigenvalue weighted by Gasteiger charge is -2.20. The Bertz CT molecular complexity index is 719. The van der Waals surface area contributed by atoms with E-state index in [0.717, 1.165) is 10.2 Å². The summed E-state index contributed by atoms with van der Waals surface area (Å²) in [5.41, 5.74) is 3.79. The molecule has 1 heterocycles. The molecule has 0 radical (unpaired) electrons. The minimum absolute atomic E-state index is 0.0926. The third kappa shape index (κ3) is 6.38. The van der Waals surface area contributed by atoms with Crippen LogP contribution in [0.4, 0.5) is 0 Å². The summed E-state index contributed by atoms with van der Waals surface area (Å²) in [5.74, 6) is 1.21. The van der Waals surface area contributed by atoms with Crippen LogP contribution in [0.25, 0.3) is 0 Å². The molecule has 1 aromatic carbocycles. The van der Waals surface area contributed by atoms with E-state index in [1.54, 1.807) is 18.4 Å². The normalized spacial score (nSPS) is 11.7. The first kappa shape index (κ1) is 19.2. The fourth-order valence-electron chi connectivity index (χ4n) is 2.09. The molecule has 0 bridgehead atoms. The van der Waals surface area contributed by atoms with E-state index in [2.05, 4.69) is 59.4 Å². The second-order valence-corrected chi connectivity index (χ2v) is 7.51. The third-order valence-corrected chi connectivity index (χ3v) is 4.15. The van der Waals surface area contributed by atoms with Crippen molar-refractivity contribution in [2.24, 2.45) is 5.10 Å². The summed E-state index contributed by atoms with van der Waals surface area (Å²) in [4.78, 5) is 11.7. The molecule has 0 aliphatic heterocycles. The zero-order valence-electron chi connectivity index (χ0n) is 14.7.